The lowest BCUT2D eigenvalue weighted by atomic mass is 10.3. The minimum absolute atomic E-state index is 0.0860. The van der Waals surface area contributed by atoms with E-state index in [1.165, 1.54) is 7.11 Å². The number of amides is 1. The monoisotopic (exact) mass is 300 g/mol. The summed E-state index contributed by atoms with van der Waals surface area (Å²) in [6.45, 7) is 0.590. The largest absolute Gasteiger partial charge is 0.495 e. The molecular weight excluding hydrogens is 284 g/mol. The Bertz CT molecular complexity index is 479. The van der Waals surface area contributed by atoms with Gasteiger partial charge in [-0.25, -0.2) is 0 Å². The first-order valence-corrected chi connectivity index (χ1v) is 6.46. The van der Waals surface area contributed by atoms with E-state index in [-0.39, 0.29) is 18.9 Å². The molecule has 7 heteroatoms. The molecule has 0 aliphatic heterocycles. The van der Waals surface area contributed by atoms with Crippen LogP contribution in [0.25, 0.3) is 0 Å². The van der Waals surface area contributed by atoms with Crippen molar-refractivity contribution in [1.82, 2.24) is 5.32 Å². The molecule has 0 aliphatic rings. The van der Waals surface area contributed by atoms with E-state index in [1.807, 2.05) is 0 Å². The summed E-state index contributed by atoms with van der Waals surface area (Å²) >= 11 is 5.94. The Balaban J connectivity index is 2.31. The minimum atomic E-state index is -0.843. The van der Waals surface area contributed by atoms with Crippen molar-refractivity contribution < 1.29 is 19.4 Å². The van der Waals surface area contributed by atoms with Crippen molar-refractivity contribution in [2.75, 3.05) is 25.5 Å². The second kappa shape index (κ2) is 8.39. The Morgan fingerprint density at radius 1 is 1.40 bits per heavy atom. The van der Waals surface area contributed by atoms with Crippen LogP contribution in [0.15, 0.2) is 18.2 Å². The molecule has 0 spiro atoms. The van der Waals surface area contributed by atoms with Crippen LogP contribution >= 0.6 is 11.6 Å². The molecule has 0 saturated heterocycles. The number of carboxylic acids is 1. The van der Waals surface area contributed by atoms with Gasteiger partial charge in [-0.2, -0.15) is 0 Å². The third-order valence-corrected chi connectivity index (χ3v) is 2.76. The zero-order valence-corrected chi connectivity index (χ0v) is 11.9. The maximum atomic E-state index is 11.6. The number of nitrogens with one attached hydrogen (secondary N) is 2. The van der Waals surface area contributed by atoms with Gasteiger partial charge in [0.25, 0.3) is 0 Å². The van der Waals surface area contributed by atoms with Crippen LogP contribution in [0.3, 0.4) is 0 Å². The van der Waals surface area contributed by atoms with Crippen LogP contribution in [0.1, 0.15) is 12.8 Å². The molecule has 1 rings (SSSR count). The summed E-state index contributed by atoms with van der Waals surface area (Å²) in [4.78, 5) is 21.9. The highest BCUT2D eigenvalue weighted by Crippen LogP contribution is 2.26. The van der Waals surface area contributed by atoms with E-state index in [1.54, 1.807) is 18.2 Å². The summed E-state index contributed by atoms with van der Waals surface area (Å²) in [6.07, 6.45) is 0.569. The van der Waals surface area contributed by atoms with E-state index in [9.17, 15) is 9.59 Å². The van der Waals surface area contributed by atoms with Gasteiger partial charge in [0.05, 0.1) is 18.7 Å². The fraction of sp³-hybridized carbons (Fsp3) is 0.385. The second-order valence-corrected chi connectivity index (χ2v) is 4.48. The van der Waals surface area contributed by atoms with E-state index in [4.69, 9.17) is 21.4 Å². The van der Waals surface area contributed by atoms with Crippen molar-refractivity contribution >= 4 is 29.2 Å². The van der Waals surface area contributed by atoms with Gasteiger partial charge >= 0.3 is 5.97 Å². The quantitative estimate of drug-likeness (QED) is 0.637. The first-order valence-electron chi connectivity index (χ1n) is 6.09. The molecule has 3 N–H and O–H groups in total. The van der Waals surface area contributed by atoms with E-state index >= 15 is 0 Å². The number of carboxylic acid groups (broad SMARTS) is 1. The van der Waals surface area contributed by atoms with Crippen LogP contribution in [0.4, 0.5) is 5.69 Å². The smallest absolute Gasteiger partial charge is 0.303 e. The maximum absolute atomic E-state index is 11.6. The number of anilines is 1. The first kappa shape index (κ1) is 16.3. The van der Waals surface area contributed by atoms with E-state index < -0.39 is 5.97 Å². The molecule has 0 saturated carbocycles. The number of hydrogen-bond donors (Lipinski definition) is 3. The normalized spacial score (nSPS) is 10.1. The fourth-order valence-corrected chi connectivity index (χ4v) is 1.77. The van der Waals surface area contributed by atoms with Crippen LogP contribution in [0.2, 0.25) is 5.02 Å². The molecule has 0 heterocycles. The Kier molecular flexibility index (Phi) is 6.83. The highest BCUT2D eigenvalue weighted by atomic mass is 35.5. The summed E-state index contributed by atoms with van der Waals surface area (Å²) in [6, 6.07) is 4.95. The second-order valence-electron chi connectivity index (χ2n) is 4.07. The van der Waals surface area contributed by atoms with Gasteiger partial charge in [-0.1, -0.05) is 11.6 Å². The maximum Gasteiger partial charge on any atom is 0.303 e. The SMILES string of the molecule is COc1ccc(NC(=O)CNCCCC(=O)O)cc1Cl. The standard InChI is InChI=1S/C13H17ClN2O4/c1-20-11-5-4-9(7-10(11)14)16-12(17)8-15-6-2-3-13(18)19/h4-5,7,15H,2-3,6,8H2,1H3,(H,16,17)(H,18,19). The number of halogens is 1. The van der Waals surface area contributed by atoms with Crippen molar-refractivity contribution in [2.45, 2.75) is 12.8 Å². The molecule has 0 atom stereocenters. The predicted octanol–water partition coefficient (Wildman–Crippen LogP) is 1.74. The summed E-state index contributed by atoms with van der Waals surface area (Å²) in [7, 11) is 1.51. The topological polar surface area (TPSA) is 87.7 Å². The first-order chi connectivity index (χ1) is 9.52. The molecule has 0 bridgehead atoms. The van der Waals surface area contributed by atoms with Gasteiger partial charge in [-0.05, 0) is 31.2 Å². The third-order valence-electron chi connectivity index (χ3n) is 2.47. The fourth-order valence-electron chi connectivity index (χ4n) is 1.52. The van der Waals surface area contributed by atoms with Crippen molar-refractivity contribution in [3.63, 3.8) is 0 Å². The number of rotatable bonds is 8. The Hall–Kier alpha value is -1.79. The molecule has 1 amide bonds. The van der Waals surface area contributed by atoms with E-state index in [0.717, 1.165) is 0 Å². The molecule has 1 aromatic rings. The lowest BCUT2D eigenvalue weighted by Gasteiger charge is -2.08. The van der Waals surface area contributed by atoms with E-state index in [2.05, 4.69) is 10.6 Å². The molecule has 6 nitrogen and oxygen atoms in total. The average Bonchev–Trinajstić information content (AvgIpc) is 2.38. The Morgan fingerprint density at radius 2 is 2.15 bits per heavy atom. The van der Waals surface area contributed by atoms with Crippen LogP contribution in [0, 0.1) is 0 Å². The van der Waals surface area contributed by atoms with Crippen LogP contribution in [0.5, 0.6) is 5.75 Å². The van der Waals surface area contributed by atoms with Crippen molar-refractivity contribution in [3.05, 3.63) is 23.2 Å². The number of benzene rings is 1. The summed E-state index contributed by atoms with van der Waals surface area (Å²) < 4.78 is 5.01. The Morgan fingerprint density at radius 3 is 2.75 bits per heavy atom. The number of carbonyl (C=O) groups is 2. The third kappa shape index (κ3) is 5.90. The molecule has 1 aromatic carbocycles. The van der Waals surface area contributed by atoms with Crippen LogP contribution in [-0.4, -0.2) is 37.2 Å². The van der Waals surface area contributed by atoms with Gasteiger partial charge in [-0.3, -0.25) is 9.59 Å². The molecular formula is C13H17ClN2O4. The molecule has 0 aromatic heterocycles. The van der Waals surface area contributed by atoms with Crippen LogP contribution < -0.4 is 15.4 Å². The van der Waals surface area contributed by atoms with Gasteiger partial charge in [0.1, 0.15) is 5.75 Å². The number of ether oxygens (including phenoxy) is 1. The number of carbonyl (C=O) groups excluding carboxylic acids is 1. The highest BCUT2D eigenvalue weighted by Gasteiger charge is 2.05. The summed E-state index contributed by atoms with van der Waals surface area (Å²) in [5, 5.41) is 14.4. The van der Waals surface area contributed by atoms with E-state index in [0.29, 0.717) is 29.4 Å². The van der Waals surface area contributed by atoms with Gasteiger partial charge in [0.15, 0.2) is 0 Å². The highest BCUT2D eigenvalue weighted by molar-refractivity contribution is 6.32. The van der Waals surface area contributed by atoms with Crippen LogP contribution in [-0.2, 0) is 9.59 Å². The molecule has 110 valence electrons. The van der Waals surface area contributed by atoms with Crippen molar-refractivity contribution in [3.8, 4) is 5.75 Å². The molecule has 0 radical (unpaired) electrons. The van der Waals surface area contributed by atoms with Gasteiger partial charge in [0.2, 0.25) is 5.91 Å². The number of methoxy groups -OCH3 is 1. The summed E-state index contributed by atoms with van der Waals surface area (Å²) in [5.41, 5.74) is 0.577. The van der Waals surface area contributed by atoms with Gasteiger partial charge in [0, 0.05) is 12.1 Å². The summed E-state index contributed by atoms with van der Waals surface area (Å²) in [5.74, 6) is -0.526. The van der Waals surface area contributed by atoms with Crippen molar-refractivity contribution in [1.29, 1.82) is 0 Å². The molecule has 0 aliphatic carbocycles. The minimum Gasteiger partial charge on any atom is -0.495 e. The average molecular weight is 301 g/mol. The zero-order chi connectivity index (χ0) is 15.0. The number of aliphatic carboxylic acids is 1. The number of hydrogen-bond acceptors (Lipinski definition) is 4. The zero-order valence-electron chi connectivity index (χ0n) is 11.1. The lowest BCUT2D eigenvalue weighted by molar-refractivity contribution is -0.137. The Labute approximate surface area is 122 Å². The predicted molar refractivity (Wildman–Crippen MR) is 76.4 cm³/mol. The lowest BCUT2D eigenvalue weighted by Crippen LogP contribution is -2.29. The molecule has 0 fully saturated rings. The van der Waals surface area contributed by atoms with Gasteiger partial charge < -0.3 is 20.5 Å². The molecule has 20 heavy (non-hydrogen) atoms. The molecule has 0 unspecified atom stereocenters. The van der Waals surface area contributed by atoms with Gasteiger partial charge in [-0.15, -0.1) is 0 Å². The van der Waals surface area contributed by atoms with Crippen molar-refractivity contribution in [2.24, 2.45) is 0 Å².